The molecule has 2 heterocycles. The van der Waals surface area contributed by atoms with Gasteiger partial charge in [0.25, 0.3) is 5.91 Å². The van der Waals surface area contributed by atoms with Crippen molar-refractivity contribution in [2.75, 3.05) is 33.7 Å². The van der Waals surface area contributed by atoms with Gasteiger partial charge in [0.05, 0.1) is 29.4 Å². The van der Waals surface area contributed by atoms with Crippen LogP contribution >= 0.6 is 0 Å². The van der Waals surface area contributed by atoms with Gasteiger partial charge in [-0.15, -0.1) is 0 Å². The van der Waals surface area contributed by atoms with Gasteiger partial charge in [-0.2, -0.15) is 4.31 Å². The first kappa shape index (κ1) is 22.5. The SMILES string of the molecule is CC1CN(S(=O)(=O)c2cccc(C(=O)NCC(c3ccco3)N(C)C)c2)CC(C)O1. The van der Waals surface area contributed by atoms with Crippen LogP contribution in [0, 0.1) is 0 Å². The van der Waals surface area contributed by atoms with Crippen LogP contribution in [0.1, 0.15) is 36.0 Å². The fourth-order valence-corrected chi connectivity index (χ4v) is 5.22. The highest BCUT2D eigenvalue weighted by atomic mass is 32.2. The molecule has 3 rings (SSSR count). The molecule has 164 valence electrons. The molecule has 1 saturated heterocycles. The number of carbonyl (C=O) groups excluding carboxylic acids is 1. The van der Waals surface area contributed by atoms with E-state index in [9.17, 15) is 13.2 Å². The Hall–Kier alpha value is -2.20. The molecular formula is C21H29N3O5S. The normalized spacial score (nSPS) is 21.5. The van der Waals surface area contributed by atoms with E-state index in [-0.39, 0.29) is 42.1 Å². The van der Waals surface area contributed by atoms with Crippen molar-refractivity contribution in [1.82, 2.24) is 14.5 Å². The zero-order valence-electron chi connectivity index (χ0n) is 17.7. The molecule has 9 heteroatoms. The molecule has 1 aromatic carbocycles. The average molecular weight is 436 g/mol. The van der Waals surface area contributed by atoms with E-state index in [2.05, 4.69) is 5.32 Å². The largest absolute Gasteiger partial charge is 0.468 e. The average Bonchev–Trinajstić information content (AvgIpc) is 3.21. The third-order valence-corrected chi connectivity index (χ3v) is 6.90. The first-order valence-corrected chi connectivity index (χ1v) is 11.4. The van der Waals surface area contributed by atoms with Gasteiger partial charge < -0.3 is 14.5 Å². The second kappa shape index (κ2) is 9.30. The van der Waals surface area contributed by atoms with Gasteiger partial charge in [0.2, 0.25) is 10.0 Å². The zero-order chi connectivity index (χ0) is 21.9. The Morgan fingerprint density at radius 3 is 2.50 bits per heavy atom. The Balaban J connectivity index is 1.73. The van der Waals surface area contributed by atoms with E-state index in [1.165, 1.54) is 16.4 Å². The first-order valence-electron chi connectivity index (χ1n) is 9.92. The molecule has 0 radical (unpaired) electrons. The quantitative estimate of drug-likeness (QED) is 0.716. The van der Waals surface area contributed by atoms with Crippen LogP contribution < -0.4 is 5.32 Å². The number of sulfonamides is 1. The van der Waals surface area contributed by atoms with Crippen molar-refractivity contribution in [3.63, 3.8) is 0 Å². The molecule has 2 aromatic rings. The number of likely N-dealkylation sites (N-methyl/N-ethyl adjacent to an activating group) is 1. The second-order valence-corrected chi connectivity index (χ2v) is 9.75. The highest BCUT2D eigenvalue weighted by Gasteiger charge is 2.32. The van der Waals surface area contributed by atoms with Gasteiger partial charge in [0.1, 0.15) is 5.76 Å². The van der Waals surface area contributed by atoms with Crippen molar-refractivity contribution in [3.8, 4) is 0 Å². The number of carbonyl (C=O) groups is 1. The maximum absolute atomic E-state index is 13.1. The van der Waals surface area contributed by atoms with E-state index in [0.29, 0.717) is 12.1 Å². The molecule has 30 heavy (non-hydrogen) atoms. The Morgan fingerprint density at radius 2 is 1.90 bits per heavy atom. The predicted molar refractivity (Wildman–Crippen MR) is 113 cm³/mol. The molecule has 0 aliphatic carbocycles. The zero-order valence-corrected chi connectivity index (χ0v) is 18.6. The molecule has 8 nitrogen and oxygen atoms in total. The summed E-state index contributed by atoms with van der Waals surface area (Å²) in [7, 11) is 0.0854. The Morgan fingerprint density at radius 1 is 1.20 bits per heavy atom. The van der Waals surface area contributed by atoms with E-state index in [1.54, 1.807) is 24.5 Å². The third-order valence-electron chi connectivity index (χ3n) is 5.07. The van der Waals surface area contributed by atoms with Crippen molar-refractivity contribution < 1.29 is 22.4 Å². The summed E-state index contributed by atoms with van der Waals surface area (Å²) in [5.41, 5.74) is 0.294. The standard InChI is InChI=1S/C21H29N3O5S/c1-15-13-24(14-16(2)29-15)30(26,27)18-8-5-7-17(11-18)21(25)22-12-19(23(3)4)20-9-6-10-28-20/h5-11,15-16,19H,12-14H2,1-4H3,(H,22,25). The number of amides is 1. The van der Waals surface area contributed by atoms with Crippen LogP contribution in [0.15, 0.2) is 52.0 Å². The monoisotopic (exact) mass is 435 g/mol. The molecule has 1 fully saturated rings. The van der Waals surface area contributed by atoms with Gasteiger partial charge in [0, 0.05) is 25.2 Å². The van der Waals surface area contributed by atoms with Gasteiger partial charge >= 0.3 is 0 Å². The fourth-order valence-electron chi connectivity index (χ4n) is 3.58. The van der Waals surface area contributed by atoms with Crippen LogP contribution in [0.3, 0.4) is 0 Å². The first-order chi connectivity index (χ1) is 14.2. The molecular weight excluding hydrogens is 406 g/mol. The fraction of sp³-hybridized carbons (Fsp3) is 0.476. The molecule has 1 aliphatic rings. The summed E-state index contributed by atoms with van der Waals surface area (Å²) in [6, 6.07) is 9.66. The number of hydrogen-bond donors (Lipinski definition) is 1. The van der Waals surface area contributed by atoms with E-state index < -0.39 is 10.0 Å². The van der Waals surface area contributed by atoms with Crippen LogP contribution in [0.5, 0.6) is 0 Å². The molecule has 0 saturated carbocycles. The van der Waals surface area contributed by atoms with Crippen LogP contribution in [0.25, 0.3) is 0 Å². The lowest BCUT2D eigenvalue weighted by atomic mass is 10.2. The molecule has 3 atom stereocenters. The maximum atomic E-state index is 13.1. The van der Waals surface area contributed by atoms with Crippen molar-refractivity contribution in [1.29, 1.82) is 0 Å². The number of morpholine rings is 1. The lowest BCUT2D eigenvalue weighted by Crippen LogP contribution is -2.48. The predicted octanol–water partition coefficient (Wildman–Crippen LogP) is 2.11. The minimum atomic E-state index is -3.71. The molecule has 1 aromatic heterocycles. The van der Waals surface area contributed by atoms with Crippen molar-refractivity contribution >= 4 is 15.9 Å². The maximum Gasteiger partial charge on any atom is 0.251 e. The second-order valence-electron chi connectivity index (χ2n) is 7.81. The number of ether oxygens (including phenoxy) is 1. The van der Waals surface area contributed by atoms with Gasteiger partial charge in [-0.05, 0) is 58.3 Å². The van der Waals surface area contributed by atoms with Gasteiger partial charge in [-0.1, -0.05) is 6.07 Å². The summed E-state index contributed by atoms with van der Waals surface area (Å²) >= 11 is 0. The van der Waals surface area contributed by atoms with Gasteiger partial charge in [0.15, 0.2) is 0 Å². The summed E-state index contributed by atoms with van der Waals surface area (Å²) in [6.07, 6.45) is 1.23. The number of nitrogens with zero attached hydrogens (tertiary/aromatic N) is 2. The number of benzene rings is 1. The molecule has 1 N–H and O–H groups in total. The summed E-state index contributed by atoms with van der Waals surface area (Å²) < 4.78 is 38.7. The van der Waals surface area contributed by atoms with Crippen molar-refractivity contribution in [2.24, 2.45) is 0 Å². The molecule has 0 spiro atoms. The van der Waals surface area contributed by atoms with Crippen molar-refractivity contribution in [3.05, 3.63) is 54.0 Å². The van der Waals surface area contributed by atoms with E-state index >= 15 is 0 Å². The molecule has 0 bridgehead atoms. The van der Waals surface area contributed by atoms with E-state index in [0.717, 1.165) is 5.76 Å². The van der Waals surface area contributed by atoms with Crippen LogP contribution in [-0.2, 0) is 14.8 Å². The lowest BCUT2D eigenvalue weighted by molar-refractivity contribution is -0.0440. The molecule has 3 unspecified atom stereocenters. The van der Waals surface area contributed by atoms with Gasteiger partial charge in [-0.25, -0.2) is 8.42 Å². The molecule has 1 aliphatic heterocycles. The number of hydrogen-bond acceptors (Lipinski definition) is 6. The minimum absolute atomic E-state index is 0.103. The topological polar surface area (TPSA) is 92.1 Å². The summed E-state index contributed by atoms with van der Waals surface area (Å²) in [5, 5.41) is 2.87. The summed E-state index contributed by atoms with van der Waals surface area (Å²) in [4.78, 5) is 14.8. The highest BCUT2D eigenvalue weighted by Crippen LogP contribution is 2.22. The van der Waals surface area contributed by atoms with E-state index in [4.69, 9.17) is 9.15 Å². The smallest absolute Gasteiger partial charge is 0.251 e. The summed E-state index contributed by atoms with van der Waals surface area (Å²) in [6.45, 7) is 4.60. The number of rotatable bonds is 7. The van der Waals surface area contributed by atoms with Crippen LogP contribution in [-0.4, -0.2) is 69.5 Å². The third kappa shape index (κ3) is 5.10. The van der Waals surface area contributed by atoms with Crippen LogP contribution in [0.4, 0.5) is 0 Å². The van der Waals surface area contributed by atoms with Gasteiger partial charge in [-0.3, -0.25) is 9.69 Å². The Labute approximate surface area is 177 Å². The van der Waals surface area contributed by atoms with E-state index in [1.807, 2.05) is 38.9 Å². The summed E-state index contributed by atoms with van der Waals surface area (Å²) in [5.74, 6) is 0.404. The lowest BCUT2D eigenvalue weighted by Gasteiger charge is -2.34. The Bertz CT molecular complexity index is 949. The Kier molecular flexibility index (Phi) is 6.97. The number of nitrogens with one attached hydrogen (secondary N) is 1. The van der Waals surface area contributed by atoms with Crippen LogP contribution in [0.2, 0.25) is 0 Å². The minimum Gasteiger partial charge on any atom is -0.468 e. The molecule has 1 amide bonds. The highest BCUT2D eigenvalue weighted by molar-refractivity contribution is 7.89. The number of furan rings is 1. The van der Waals surface area contributed by atoms with Crippen molar-refractivity contribution in [2.45, 2.75) is 37.0 Å².